The first-order chi connectivity index (χ1) is 12.9. The lowest BCUT2D eigenvalue weighted by atomic mass is 10.0. The van der Waals surface area contributed by atoms with Gasteiger partial charge in [-0.25, -0.2) is 4.68 Å². The zero-order valence-electron chi connectivity index (χ0n) is 17.4. The van der Waals surface area contributed by atoms with Gasteiger partial charge in [-0.05, 0) is 50.8 Å². The molecule has 2 heterocycles. The van der Waals surface area contributed by atoms with Crippen LogP contribution in [0.1, 0.15) is 48.1 Å². The summed E-state index contributed by atoms with van der Waals surface area (Å²) in [4.78, 5) is 17.0. The van der Waals surface area contributed by atoms with Crippen LogP contribution in [0.4, 0.5) is 0 Å². The zero-order valence-corrected chi connectivity index (χ0v) is 17.4. The quantitative estimate of drug-likeness (QED) is 0.877. The maximum Gasteiger partial charge on any atom is 0.258 e. The summed E-state index contributed by atoms with van der Waals surface area (Å²) in [6.07, 6.45) is 0.820. The largest absolute Gasteiger partial charge is 0.332 e. The van der Waals surface area contributed by atoms with E-state index < -0.39 is 0 Å². The fraction of sp³-hybridized carbons (Fsp3) is 0.545. The molecule has 3 rings (SSSR count). The molecule has 1 aliphatic rings. The van der Waals surface area contributed by atoms with E-state index in [0.29, 0.717) is 5.92 Å². The number of piperazine rings is 1. The molecule has 2 aromatic rings. The summed E-state index contributed by atoms with van der Waals surface area (Å²) >= 11 is 0. The number of likely N-dealkylation sites (N-methyl/N-ethyl adjacent to an activating group) is 1. The summed E-state index contributed by atoms with van der Waals surface area (Å²) in [6.45, 7) is 15.5. The van der Waals surface area contributed by atoms with Crippen LogP contribution in [0.25, 0.3) is 5.69 Å². The van der Waals surface area contributed by atoms with E-state index in [1.165, 1.54) is 5.56 Å². The van der Waals surface area contributed by atoms with Gasteiger partial charge in [0.05, 0.1) is 55.4 Å². The highest BCUT2D eigenvalue weighted by molar-refractivity contribution is 5.96. The van der Waals surface area contributed by atoms with Crippen LogP contribution in [-0.2, 0) is 6.42 Å². The highest BCUT2D eigenvalue weighted by Crippen LogP contribution is 2.23. The Bertz CT molecular complexity index is 801. The maximum atomic E-state index is 13.4. The second-order valence-electron chi connectivity index (χ2n) is 8.15. The second-order valence-corrected chi connectivity index (χ2v) is 8.15. The fourth-order valence-corrected chi connectivity index (χ4v) is 3.92. The SMILES string of the molecule is CC[NH+]1CCN(C(=O)c2c(CC(C)C)nn(-c3cccc(C)c3)c2C)CC1. The van der Waals surface area contributed by atoms with Crippen molar-refractivity contribution >= 4 is 5.91 Å². The number of nitrogens with one attached hydrogen (secondary N) is 1. The third-order valence-electron chi connectivity index (χ3n) is 5.51. The highest BCUT2D eigenvalue weighted by Gasteiger charge is 2.29. The summed E-state index contributed by atoms with van der Waals surface area (Å²) < 4.78 is 1.95. The van der Waals surface area contributed by atoms with Crippen molar-refractivity contribution in [3.05, 3.63) is 46.8 Å². The van der Waals surface area contributed by atoms with Gasteiger partial charge in [0.15, 0.2) is 0 Å². The molecular formula is C22H33N4O+. The molecule has 0 atom stereocenters. The lowest BCUT2D eigenvalue weighted by molar-refractivity contribution is -0.902. The molecule has 0 radical (unpaired) electrons. The number of quaternary nitrogens is 1. The van der Waals surface area contributed by atoms with E-state index in [1.54, 1.807) is 4.90 Å². The summed E-state index contributed by atoms with van der Waals surface area (Å²) in [5.74, 6) is 0.607. The topological polar surface area (TPSA) is 42.6 Å². The van der Waals surface area contributed by atoms with E-state index in [1.807, 2.05) is 22.6 Å². The summed E-state index contributed by atoms with van der Waals surface area (Å²) in [6, 6.07) is 8.31. The molecule has 1 saturated heterocycles. The van der Waals surface area contributed by atoms with Crippen LogP contribution >= 0.6 is 0 Å². The van der Waals surface area contributed by atoms with Gasteiger partial charge in [-0.1, -0.05) is 26.0 Å². The van der Waals surface area contributed by atoms with Crippen LogP contribution in [0.5, 0.6) is 0 Å². The normalized spacial score (nSPS) is 15.6. The Balaban J connectivity index is 1.96. The monoisotopic (exact) mass is 369 g/mol. The van der Waals surface area contributed by atoms with Gasteiger partial charge in [-0.3, -0.25) is 4.79 Å². The summed E-state index contributed by atoms with van der Waals surface area (Å²) in [7, 11) is 0. The van der Waals surface area contributed by atoms with E-state index in [9.17, 15) is 4.79 Å². The van der Waals surface area contributed by atoms with Crippen molar-refractivity contribution < 1.29 is 9.69 Å². The second kappa shape index (κ2) is 8.26. The molecule has 1 aliphatic heterocycles. The standard InChI is InChI=1S/C22H32N4O/c1-6-24-10-12-25(13-11-24)22(27)21-18(5)26(23-20(21)14-16(2)3)19-9-7-8-17(4)15-19/h7-9,15-16H,6,10-14H2,1-5H3/p+1. The first-order valence-corrected chi connectivity index (χ1v) is 10.2. The number of aryl methyl sites for hydroxylation is 1. The Labute approximate surface area is 163 Å². The Morgan fingerprint density at radius 2 is 1.93 bits per heavy atom. The number of hydrogen-bond acceptors (Lipinski definition) is 2. The molecule has 0 unspecified atom stereocenters. The van der Waals surface area contributed by atoms with Gasteiger partial charge >= 0.3 is 0 Å². The molecule has 0 aliphatic carbocycles. The maximum absolute atomic E-state index is 13.4. The van der Waals surface area contributed by atoms with Crippen LogP contribution in [-0.4, -0.2) is 53.3 Å². The predicted molar refractivity (Wildman–Crippen MR) is 109 cm³/mol. The molecule has 0 bridgehead atoms. The average molecular weight is 370 g/mol. The van der Waals surface area contributed by atoms with Crippen molar-refractivity contribution in [3.63, 3.8) is 0 Å². The summed E-state index contributed by atoms with van der Waals surface area (Å²) in [5, 5.41) is 4.87. The van der Waals surface area contributed by atoms with Crippen molar-refractivity contribution in [2.75, 3.05) is 32.7 Å². The average Bonchev–Trinajstić information content (AvgIpc) is 2.96. The van der Waals surface area contributed by atoms with Crippen LogP contribution in [0, 0.1) is 19.8 Å². The molecule has 0 spiro atoms. The third kappa shape index (κ3) is 4.24. The molecule has 1 aromatic heterocycles. The number of benzene rings is 1. The minimum atomic E-state index is 0.150. The van der Waals surface area contributed by atoms with Gasteiger partial charge in [-0.15, -0.1) is 0 Å². The minimum Gasteiger partial charge on any atom is -0.332 e. The van der Waals surface area contributed by atoms with Crippen molar-refractivity contribution in [2.45, 2.75) is 41.0 Å². The molecule has 1 fully saturated rings. The molecule has 146 valence electrons. The number of carbonyl (C=O) groups excluding carboxylic acids is 1. The van der Waals surface area contributed by atoms with Gasteiger partial charge in [-0.2, -0.15) is 5.10 Å². The Morgan fingerprint density at radius 3 is 2.52 bits per heavy atom. The summed E-state index contributed by atoms with van der Waals surface area (Å²) in [5.41, 5.74) is 4.91. The molecule has 27 heavy (non-hydrogen) atoms. The molecule has 1 aromatic carbocycles. The molecule has 1 amide bonds. The lowest BCUT2D eigenvalue weighted by Crippen LogP contribution is -3.14. The van der Waals surface area contributed by atoms with Gasteiger partial charge in [0.1, 0.15) is 0 Å². The van der Waals surface area contributed by atoms with Crippen LogP contribution in [0.2, 0.25) is 0 Å². The van der Waals surface area contributed by atoms with E-state index in [-0.39, 0.29) is 5.91 Å². The lowest BCUT2D eigenvalue weighted by Gasteiger charge is -2.31. The van der Waals surface area contributed by atoms with Crippen molar-refractivity contribution in [1.82, 2.24) is 14.7 Å². The van der Waals surface area contributed by atoms with Crippen molar-refractivity contribution in [2.24, 2.45) is 5.92 Å². The zero-order chi connectivity index (χ0) is 19.6. The van der Waals surface area contributed by atoms with E-state index in [4.69, 9.17) is 5.10 Å². The van der Waals surface area contributed by atoms with Crippen LogP contribution < -0.4 is 4.90 Å². The van der Waals surface area contributed by atoms with Crippen LogP contribution in [0.15, 0.2) is 24.3 Å². The van der Waals surface area contributed by atoms with Gasteiger partial charge < -0.3 is 9.80 Å². The van der Waals surface area contributed by atoms with Crippen molar-refractivity contribution in [1.29, 1.82) is 0 Å². The Hall–Kier alpha value is -2.14. The first kappa shape index (κ1) is 19.6. The van der Waals surface area contributed by atoms with Crippen molar-refractivity contribution in [3.8, 4) is 5.69 Å². The fourth-order valence-electron chi connectivity index (χ4n) is 3.92. The van der Waals surface area contributed by atoms with Gasteiger partial charge in [0, 0.05) is 0 Å². The molecule has 0 saturated carbocycles. The van der Waals surface area contributed by atoms with E-state index >= 15 is 0 Å². The highest BCUT2D eigenvalue weighted by atomic mass is 16.2. The van der Waals surface area contributed by atoms with Gasteiger partial charge in [0.25, 0.3) is 5.91 Å². The van der Waals surface area contributed by atoms with Gasteiger partial charge in [0.2, 0.25) is 0 Å². The number of rotatable bonds is 5. The molecular weight excluding hydrogens is 336 g/mol. The Morgan fingerprint density at radius 1 is 1.22 bits per heavy atom. The smallest absolute Gasteiger partial charge is 0.258 e. The van der Waals surface area contributed by atoms with Crippen LogP contribution in [0.3, 0.4) is 0 Å². The minimum absolute atomic E-state index is 0.150. The molecule has 5 heteroatoms. The Kier molecular flexibility index (Phi) is 6.00. The molecule has 5 nitrogen and oxygen atoms in total. The van der Waals surface area contributed by atoms with E-state index in [2.05, 4.69) is 45.9 Å². The third-order valence-corrected chi connectivity index (χ3v) is 5.51. The number of hydrogen-bond donors (Lipinski definition) is 1. The number of nitrogens with zero attached hydrogens (tertiary/aromatic N) is 3. The molecule has 1 N–H and O–H groups in total. The predicted octanol–water partition coefficient (Wildman–Crippen LogP) is 2.05. The number of carbonyl (C=O) groups is 1. The number of aromatic nitrogens is 2. The number of amides is 1. The van der Waals surface area contributed by atoms with E-state index in [0.717, 1.165) is 61.8 Å². The first-order valence-electron chi connectivity index (χ1n) is 10.2.